The summed E-state index contributed by atoms with van der Waals surface area (Å²) in [5, 5.41) is 1.23. The Morgan fingerprint density at radius 3 is 2.83 bits per heavy atom. The zero-order valence-corrected chi connectivity index (χ0v) is 13.5. The Balaban J connectivity index is 1.77. The average Bonchev–Trinajstić information content (AvgIpc) is 2.92. The summed E-state index contributed by atoms with van der Waals surface area (Å²) in [6.07, 6.45) is 2.23. The summed E-state index contributed by atoms with van der Waals surface area (Å²) >= 11 is 0. The van der Waals surface area contributed by atoms with Crippen LogP contribution in [0.5, 0.6) is 0 Å². The van der Waals surface area contributed by atoms with E-state index in [0.717, 1.165) is 18.4 Å². The number of nitrogens with zero attached hydrogens (tertiary/aromatic N) is 1. The van der Waals surface area contributed by atoms with Crippen molar-refractivity contribution in [3.05, 3.63) is 35.5 Å². The van der Waals surface area contributed by atoms with Crippen molar-refractivity contribution in [1.29, 1.82) is 0 Å². The Labute approximate surface area is 135 Å². The molecule has 2 aromatic rings. The van der Waals surface area contributed by atoms with Gasteiger partial charge in [-0.05, 0) is 24.8 Å². The average molecular weight is 314 g/mol. The maximum absolute atomic E-state index is 12.6. The lowest BCUT2D eigenvalue weighted by Gasteiger charge is -2.43. The highest BCUT2D eigenvalue weighted by atomic mass is 16.7. The summed E-state index contributed by atoms with van der Waals surface area (Å²) < 4.78 is 10.6. The molecule has 2 bridgehead atoms. The number of likely N-dealkylation sites (tertiary alicyclic amines) is 1. The molecule has 5 nitrogen and oxygen atoms in total. The quantitative estimate of drug-likeness (QED) is 0.883. The molecule has 0 unspecified atom stereocenters. The van der Waals surface area contributed by atoms with E-state index in [2.05, 4.69) is 23.2 Å². The first-order valence-electron chi connectivity index (χ1n) is 8.15. The molecule has 4 rings (SSSR count). The van der Waals surface area contributed by atoms with E-state index in [1.165, 1.54) is 16.6 Å². The Bertz CT molecular complexity index is 735. The van der Waals surface area contributed by atoms with Crippen LogP contribution in [0.3, 0.4) is 0 Å². The summed E-state index contributed by atoms with van der Waals surface area (Å²) in [6, 6.07) is 8.48. The van der Waals surface area contributed by atoms with Crippen LogP contribution in [0.1, 0.15) is 30.1 Å². The Morgan fingerprint density at radius 2 is 2.04 bits per heavy atom. The van der Waals surface area contributed by atoms with E-state index >= 15 is 0 Å². The molecule has 1 amide bonds. The molecule has 1 N–H and O–H groups in total. The standard InChI is InChI=1S/C18H22N2O3/c1-22-17(23-2)10-20-15-8-11(9-16(20)21)7-14-18(15)12-5-3-4-6-13(12)19-14/h3-6,11,15,17,19H,7-10H2,1-2H3/t11-,15-/m1/s1. The van der Waals surface area contributed by atoms with Gasteiger partial charge in [0.2, 0.25) is 5.91 Å². The highest BCUT2D eigenvalue weighted by molar-refractivity contribution is 5.87. The smallest absolute Gasteiger partial charge is 0.223 e. The molecule has 0 radical (unpaired) electrons. The number of nitrogens with one attached hydrogen (secondary N) is 1. The number of methoxy groups -OCH3 is 2. The van der Waals surface area contributed by atoms with Crippen LogP contribution < -0.4 is 0 Å². The van der Waals surface area contributed by atoms with E-state index in [9.17, 15) is 4.79 Å². The van der Waals surface area contributed by atoms with Gasteiger partial charge in [-0.2, -0.15) is 0 Å². The number of para-hydroxylation sites is 1. The molecule has 1 aliphatic heterocycles. The summed E-state index contributed by atoms with van der Waals surface area (Å²) in [5.41, 5.74) is 3.74. The number of carbonyl (C=O) groups is 1. The zero-order valence-electron chi connectivity index (χ0n) is 13.5. The van der Waals surface area contributed by atoms with E-state index in [1.54, 1.807) is 14.2 Å². The fourth-order valence-corrected chi connectivity index (χ4v) is 4.18. The number of aromatic amines is 1. The third-order valence-corrected chi connectivity index (χ3v) is 5.24. The fourth-order valence-electron chi connectivity index (χ4n) is 4.18. The van der Waals surface area contributed by atoms with Crippen molar-refractivity contribution in [3.8, 4) is 0 Å². The SMILES string of the molecule is COC(CN1C(=O)C[C@@H]2Cc3[nH]c4ccccc4c3[C@H]1C2)OC. The lowest BCUT2D eigenvalue weighted by molar-refractivity contribution is -0.155. The van der Waals surface area contributed by atoms with Crippen LogP contribution in [0, 0.1) is 5.92 Å². The van der Waals surface area contributed by atoms with Gasteiger partial charge in [-0.15, -0.1) is 0 Å². The monoisotopic (exact) mass is 314 g/mol. The molecule has 0 saturated carbocycles. The molecular weight excluding hydrogens is 292 g/mol. The van der Waals surface area contributed by atoms with Gasteiger partial charge in [0.25, 0.3) is 0 Å². The van der Waals surface area contributed by atoms with E-state index in [-0.39, 0.29) is 18.2 Å². The van der Waals surface area contributed by atoms with Crippen LogP contribution in [0.15, 0.2) is 24.3 Å². The third-order valence-electron chi connectivity index (χ3n) is 5.24. The van der Waals surface area contributed by atoms with Crippen molar-refractivity contribution in [2.24, 2.45) is 5.92 Å². The van der Waals surface area contributed by atoms with Gasteiger partial charge in [-0.25, -0.2) is 0 Å². The molecule has 1 fully saturated rings. The minimum Gasteiger partial charge on any atom is -0.358 e. The highest BCUT2D eigenvalue weighted by Gasteiger charge is 2.41. The Morgan fingerprint density at radius 1 is 1.26 bits per heavy atom. The van der Waals surface area contributed by atoms with Crippen LogP contribution in [-0.2, 0) is 20.7 Å². The van der Waals surface area contributed by atoms with Crippen LogP contribution in [-0.4, -0.2) is 42.8 Å². The molecule has 2 atom stereocenters. The van der Waals surface area contributed by atoms with Crippen LogP contribution >= 0.6 is 0 Å². The third kappa shape index (κ3) is 2.35. The molecule has 1 saturated heterocycles. The van der Waals surface area contributed by atoms with Gasteiger partial charge in [-0.3, -0.25) is 4.79 Å². The van der Waals surface area contributed by atoms with Crippen molar-refractivity contribution < 1.29 is 14.3 Å². The normalized spacial score (nSPS) is 23.6. The largest absolute Gasteiger partial charge is 0.358 e. The number of benzene rings is 1. The van der Waals surface area contributed by atoms with Crippen molar-refractivity contribution in [2.75, 3.05) is 20.8 Å². The number of amides is 1. The van der Waals surface area contributed by atoms with Gasteiger partial charge in [0, 0.05) is 42.8 Å². The molecule has 122 valence electrons. The number of fused-ring (bicyclic) bond motifs is 6. The summed E-state index contributed by atoms with van der Waals surface area (Å²) in [5.74, 6) is 0.647. The summed E-state index contributed by atoms with van der Waals surface area (Å²) in [7, 11) is 3.23. The van der Waals surface area contributed by atoms with Crippen molar-refractivity contribution in [1.82, 2.24) is 9.88 Å². The molecule has 2 heterocycles. The van der Waals surface area contributed by atoms with Crippen LogP contribution in [0.4, 0.5) is 0 Å². The molecule has 1 aromatic heterocycles. The van der Waals surface area contributed by atoms with E-state index < -0.39 is 0 Å². The number of hydrogen-bond donors (Lipinski definition) is 1. The number of H-pyrrole nitrogens is 1. The topological polar surface area (TPSA) is 54.6 Å². The zero-order chi connectivity index (χ0) is 16.0. The number of carbonyl (C=O) groups excluding carboxylic acids is 1. The van der Waals surface area contributed by atoms with Gasteiger partial charge in [0.1, 0.15) is 0 Å². The van der Waals surface area contributed by atoms with Gasteiger partial charge in [0.05, 0.1) is 12.6 Å². The van der Waals surface area contributed by atoms with E-state index in [4.69, 9.17) is 9.47 Å². The molecule has 0 spiro atoms. The minimum atomic E-state index is -0.383. The summed E-state index contributed by atoms with van der Waals surface area (Å²) in [6.45, 7) is 0.474. The highest BCUT2D eigenvalue weighted by Crippen LogP contribution is 2.45. The Hall–Kier alpha value is -1.85. The first-order chi connectivity index (χ1) is 11.2. The number of piperidine rings is 1. The van der Waals surface area contributed by atoms with Crippen LogP contribution in [0.25, 0.3) is 10.9 Å². The predicted octanol–water partition coefficient (Wildman–Crippen LogP) is 2.62. The molecule has 1 aliphatic carbocycles. The second-order valence-corrected chi connectivity index (χ2v) is 6.54. The van der Waals surface area contributed by atoms with Gasteiger partial charge in [0.15, 0.2) is 6.29 Å². The first kappa shape index (κ1) is 14.7. The van der Waals surface area contributed by atoms with Crippen molar-refractivity contribution in [3.63, 3.8) is 0 Å². The molecular formula is C18H22N2O3. The fraction of sp³-hybridized carbons (Fsp3) is 0.500. The van der Waals surface area contributed by atoms with Gasteiger partial charge >= 0.3 is 0 Å². The number of ether oxygens (including phenoxy) is 2. The molecule has 1 aromatic carbocycles. The molecule has 2 aliphatic rings. The maximum atomic E-state index is 12.6. The maximum Gasteiger partial charge on any atom is 0.223 e. The van der Waals surface area contributed by atoms with Crippen molar-refractivity contribution >= 4 is 16.8 Å². The first-order valence-corrected chi connectivity index (χ1v) is 8.15. The number of aromatic nitrogens is 1. The van der Waals surface area contributed by atoms with Crippen LogP contribution in [0.2, 0.25) is 0 Å². The van der Waals surface area contributed by atoms with E-state index in [0.29, 0.717) is 18.9 Å². The van der Waals surface area contributed by atoms with Crippen molar-refractivity contribution in [2.45, 2.75) is 31.6 Å². The van der Waals surface area contributed by atoms with Gasteiger partial charge < -0.3 is 19.4 Å². The predicted molar refractivity (Wildman–Crippen MR) is 87.0 cm³/mol. The second-order valence-electron chi connectivity index (χ2n) is 6.54. The Kier molecular flexibility index (Phi) is 3.62. The number of rotatable bonds is 4. The molecule has 5 heteroatoms. The van der Waals surface area contributed by atoms with Gasteiger partial charge in [-0.1, -0.05) is 18.2 Å². The van der Waals surface area contributed by atoms with E-state index in [1.807, 2.05) is 11.0 Å². The lowest BCUT2D eigenvalue weighted by Crippen LogP contribution is -2.47. The minimum absolute atomic E-state index is 0.119. The molecule has 23 heavy (non-hydrogen) atoms. The summed E-state index contributed by atoms with van der Waals surface area (Å²) in [4.78, 5) is 18.2. The number of hydrogen-bond acceptors (Lipinski definition) is 3. The lowest BCUT2D eigenvalue weighted by atomic mass is 9.77. The second kappa shape index (κ2) is 5.65.